The van der Waals surface area contributed by atoms with Gasteiger partial charge in [-0.2, -0.15) is 4.31 Å². The van der Waals surface area contributed by atoms with Crippen molar-refractivity contribution in [2.45, 2.75) is 17.7 Å². The Kier molecular flexibility index (Phi) is 7.34. The van der Waals surface area contributed by atoms with Crippen molar-refractivity contribution in [3.63, 3.8) is 0 Å². The number of aliphatic carboxylic acids is 1. The van der Waals surface area contributed by atoms with E-state index in [0.29, 0.717) is 24.2 Å². The van der Waals surface area contributed by atoms with E-state index in [4.69, 9.17) is 0 Å². The third kappa shape index (κ3) is 5.61. The lowest BCUT2D eigenvalue weighted by atomic mass is 10.1. The second-order valence-electron chi connectivity index (χ2n) is 8.08. The Labute approximate surface area is 211 Å². The van der Waals surface area contributed by atoms with Crippen molar-refractivity contribution in [1.82, 2.24) is 4.31 Å². The Hall–Kier alpha value is -3.08. The Balaban J connectivity index is 1.50. The summed E-state index contributed by atoms with van der Waals surface area (Å²) in [6.07, 6.45) is 0.293. The van der Waals surface area contributed by atoms with Gasteiger partial charge in [0.05, 0.1) is 4.90 Å². The highest BCUT2D eigenvalue weighted by molar-refractivity contribution is 9.10. The van der Waals surface area contributed by atoms with E-state index in [9.17, 15) is 27.5 Å². The van der Waals surface area contributed by atoms with Crippen LogP contribution >= 0.6 is 15.9 Å². The zero-order valence-corrected chi connectivity index (χ0v) is 20.9. The number of nitrogens with zero attached hydrogens (tertiary/aromatic N) is 2. The molecule has 3 aromatic rings. The van der Waals surface area contributed by atoms with Gasteiger partial charge < -0.3 is 10.0 Å². The molecule has 0 aliphatic carbocycles. The van der Waals surface area contributed by atoms with Crippen LogP contribution in [0, 0.1) is 5.82 Å². The Morgan fingerprint density at radius 3 is 2.26 bits per heavy atom. The number of hydrogen-bond donors (Lipinski definition) is 1. The van der Waals surface area contributed by atoms with Crippen molar-refractivity contribution < 1.29 is 27.5 Å². The molecule has 0 saturated carbocycles. The predicted octanol–water partition coefficient (Wildman–Crippen LogP) is 4.31. The lowest BCUT2D eigenvalue weighted by Gasteiger charge is -2.22. The summed E-state index contributed by atoms with van der Waals surface area (Å²) in [7, 11) is -4.16. The predicted molar refractivity (Wildman–Crippen MR) is 133 cm³/mol. The molecule has 0 bridgehead atoms. The minimum absolute atomic E-state index is 0.0611. The Morgan fingerprint density at radius 2 is 1.63 bits per heavy atom. The normalized spacial score (nSPS) is 13.2. The van der Waals surface area contributed by atoms with Gasteiger partial charge in [0.1, 0.15) is 12.4 Å². The zero-order valence-electron chi connectivity index (χ0n) is 18.5. The molecule has 0 fully saturated rings. The number of carbonyl (C=O) groups excluding carboxylic acids is 1. The molecule has 10 heteroatoms. The molecule has 1 aliphatic rings. The summed E-state index contributed by atoms with van der Waals surface area (Å²) in [4.78, 5) is 25.7. The summed E-state index contributed by atoms with van der Waals surface area (Å²) in [5.74, 6) is -2.07. The Bertz CT molecular complexity index is 1360. The van der Waals surface area contributed by atoms with Crippen molar-refractivity contribution in [3.05, 3.63) is 82.6 Å². The first-order valence-electron chi connectivity index (χ1n) is 10.8. The highest BCUT2D eigenvalue weighted by Crippen LogP contribution is 2.29. The highest BCUT2D eigenvalue weighted by Gasteiger charge is 2.30. The summed E-state index contributed by atoms with van der Waals surface area (Å²) < 4.78 is 41.6. The third-order valence-electron chi connectivity index (χ3n) is 5.79. The van der Waals surface area contributed by atoms with E-state index in [2.05, 4.69) is 15.9 Å². The second-order valence-corrected chi connectivity index (χ2v) is 10.9. The van der Waals surface area contributed by atoms with Crippen LogP contribution in [0.2, 0.25) is 0 Å². The van der Waals surface area contributed by atoms with Gasteiger partial charge in [-0.1, -0.05) is 40.2 Å². The average Bonchev–Trinajstić information content (AvgIpc) is 3.25. The largest absolute Gasteiger partial charge is 0.480 e. The van der Waals surface area contributed by atoms with E-state index < -0.39 is 22.5 Å². The molecule has 35 heavy (non-hydrogen) atoms. The molecule has 1 amide bonds. The zero-order chi connectivity index (χ0) is 25.2. The topological polar surface area (TPSA) is 95.0 Å². The molecule has 1 N–H and O–H groups in total. The van der Waals surface area contributed by atoms with Gasteiger partial charge in [-0.15, -0.1) is 0 Å². The SMILES string of the molecule is O=C(O)CN(CCC(=O)N1CCc2cc(F)ccc21)S(=O)(=O)c1ccc(-c2ccc(Br)cc2)cc1. The Morgan fingerprint density at radius 1 is 1.00 bits per heavy atom. The number of halogens is 2. The molecule has 0 saturated heterocycles. The first-order chi connectivity index (χ1) is 16.6. The van der Waals surface area contributed by atoms with E-state index in [1.807, 2.05) is 24.3 Å². The van der Waals surface area contributed by atoms with Gasteiger partial charge in [0.25, 0.3) is 0 Å². The third-order valence-corrected chi connectivity index (χ3v) is 8.18. The molecular weight excluding hydrogens is 539 g/mol. The summed E-state index contributed by atoms with van der Waals surface area (Å²) in [6.45, 7) is -0.707. The smallest absolute Gasteiger partial charge is 0.318 e. The minimum atomic E-state index is -4.16. The van der Waals surface area contributed by atoms with E-state index in [0.717, 1.165) is 19.9 Å². The lowest BCUT2D eigenvalue weighted by molar-refractivity contribution is -0.137. The van der Waals surface area contributed by atoms with Crippen LogP contribution in [0.4, 0.5) is 10.1 Å². The van der Waals surface area contributed by atoms with Gasteiger partial charge in [-0.05, 0) is 65.6 Å². The van der Waals surface area contributed by atoms with Gasteiger partial charge >= 0.3 is 5.97 Å². The molecule has 0 aromatic heterocycles. The van der Waals surface area contributed by atoms with Gasteiger partial charge in [0, 0.05) is 29.7 Å². The van der Waals surface area contributed by atoms with Crippen molar-refractivity contribution in [2.24, 2.45) is 0 Å². The second kappa shape index (κ2) is 10.3. The van der Waals surface area contributed by atoms with Gasteiger partial charge in [0.2, 0.25) is 15.9 Å². The number of hydrogen-bond acceptors (Lipinski definition) is 4. The van der Waals surface area contributed by atoms with Crippen LogP contribution in [-0.2, 0) is 26.0 Å². The summed E-state index contributed by atoms with van der Waals surface area (Å²) in [6, 6.07) is 17.9. The van der Waals surface area contributed by atoms with E-state index >= 15 is 0 Å². The molecule has 182 valence electrons. The van der Waals surface area contributed by atoms with E-state index in [1.54, 1.807) is 12.1 Å². The number of carbonyl (C=O) groups is 2. The van der Waals surface area contributed by atoms with Crippen LogP contribution in [0.3, 0.4) is 0 Å². The molecular formula is C25H22BrFN2O5S. The number of rotatable bonds is 8. The number of carboxylic acids is 1. The lowest BCUT2D eigenvalue weighted by Crippen LogP contribution is -2.39. The molecule has 7 nitrogen and oxygen atoms in total. The molecule has 3 aromatic carbocycles. The van der Waals surface area contributed by atoms with Crippen LogP contribution in [0.25, 0.3) is 11.1 Å². The van der Waals surface area contributed by atoms with Gasteiger partial charge in [-0.3, -0.25) is 9.59 Å². The van der Waals surface area contributed by atoms with Crippen LogP contribution in [-0.4, -0.2) is 49.3 Å². The van der Waals surface area contributed by atoms with Gasteiger partial charge in [-0.25, -0.2) is 12.8 Å². The monoisotopic (exact) mass is 560 g/mol. The molecule has 0 atom stereocenters. The summed E-state index contributed by atoms with van der Waals surface area (Å²) in [5.41, 5.74) is 3.00. The summed E-state index contributed by atoms with van der Waals surface area (Å²) >= 11 is 3.37. The molecule has 0 unspecified atom stereocenters. The number of carboxylic acid groups (broad SMARTS) is 1. The van der Waals surface area contributed by atoms with Crippen molar-refractivity contribution in [1.29, 1.82) is 0 Å². The molecule has 0 radical (unpaired) electrons. The number of fused-ring (bicyclic) bond motifs is 1. The molecule has 1 heterocycles. The maximum atomic E-state index is 13.5. The minimum Gasteiger partial charge on any atom is -0.480 e. The number of amides is 1. The highest BCUT2D eigenvalue weighted by atomic mass is 79.9. The summed E-state index contributed by atoms with van der Waals surface area (Å²) in [5, 5.41) is 9.30. The molecule has 1 aliphatic heterocycles. The van der Waals surface area contributed by atoms with Crippen LogP contribution in [0.1, 0.15) is 12.0 Å². The van der Waals surface area contributed by atoms with E-state index in [1.165, 1.54) is 35.2 Å². The van der Waals surface area contributed by atoms with Gasteiger partial charge in [0.15, 0.2) is 0 Å². The first kappa shape index (κ1) is 25.0. The van der Waals surface area contributed by atoms with Crippen molar-refractivity contribution in [2.75, 3.05) is 24.5 Å². The van der Waals surface area contributed by atoms with Crippen molar-refractivity contribution in [3.8, 4) is 11.1 Å². The van der Waals surface area contributed by atoms with Crippen LogP contribution in [0.5, 0.6) is 0 Å². The quantitative estimate of drug-likeness (QED) is 0.443. The number of benzene rings is 3. The average molecular weight is 561 g/mol. The maximum Gasteiger partial charge on any atom is 0.318 e. The fourth-order valence-corrected chi connectivity index (χ4v) is 5.69. The standard InChI is InChI=1S/C25H22BrFN2O5S/c26-20-5-1-17(2-6-20)18-3-8-22(9-4-18)35(33,34)28(16-25(31)32)13-12-24(30)29-14-11-19-15-21(27)7-10-23(19)29/h1-10,15H,11-14,16H2,(H,31,32). The van der Waals surface area contributed by atoms with Crippen LogP contribution in [0.15, 0.2) is 76.1 Å². The molecule has 4 rings (SSSR count). The fourth-order valence-electron chi connectivity index (χ4n) is 4.03. The number of sulfonamides is 1. The van der Waals surface area contributed by atoms with Crippen molar-refractivity contribution >= 4 is 43.5 Å². The maximum absolute atomic E-state index is 13.5. The van der Waals surface area contributed by atoms with Crippen LogP contribution < -0.4 is 4.90 Å². The fraction of sp³-hybridized carbons (Fsp3) is 0.200. The molecule has 0 spiro atoms. The first-order valence-corrected chi connectivity index (χ1v) is 13.1. The number of anilines is 1. The van der Waals surface area contributed by atoms with E-state index in [-0.39, 0.29) is 29.6 Å².